The van der Waals surface area contributed by atoms with Gasteiger partial charge in [0.15, 0.2) is 0 Å². The standard InChI is InChI=1S/C16H26.C8H12.C7H8.2C3H8/c1-5-14(4)6-7-15-8-10-16(11-9-15)12-13(2)3;1-4-5-6-7-8(2)3;1-7-5-3-2-4-6-7;2*1-3-2/h8-11,13-14H,5-7,12H2,1-4H3;4-7H,1H2,2-3H3;2-6H,1H3;2*3H2,1-2H3/b;6-5-;;;. The highest BCUT2D eigenvalue weighted by Crippen LogP contribution is 2.14. The van der Waals surface area contributed by atoms with E-state index in [1.807, 2.05) is 36.4 Å². The third-order valence-electron chi connectivity index (χ3n) is 4.91. The molecule has 0 fully saturated rings. The summed E-state index contributed by atoms with van der Waals surface area (Å²) in [5.41, 5.74) is 5.60. The van der Waals surface area contributed by atoms with Crippen molar-refractivity contribution in [3.63, 3.8) is 0 Å². The molecule has 0 heteroatoms. The number of rotatable bonds is 8. The molecule has 2 aromatic carbocycles. The van der Waals surface area contributed by atoms with Gasteiger partial charge in [-0.2, -0.15) is 0 Å². The van der Waals surface area contributed by atoms with Crippen LogP contribution in [0.25, 0.3) is 0 Å². The van der Waals surface area contributed by atoms with Crippen LogP contribution in [-0.4, -0.2) is 0 Å². The molecule has 0 nitrogen and oxygen atoms in total. The summed E-state index contributed by atoms with van der Waals surface area (Å²) in [6, 6.07) is 19.5. The molecule has 210 valence electrons. The highest BCUT2D eigenvalue weighted by atomic mass is 14.1. The lowest BCUT2D eigenvalue weighted by molar-refractivity contribution is 0.516. The van der Waals surface area contributed by atoms with Crippen LogP contribution in [0.1, 0.15) is 112 Å². The molecule has 2 rings (SSSR count). The summed E-state index contributed by atoms with van der Waals surface area (Å²) in [7, 11) is 0. The first-order chi connectivity index (χ1) is 17.6. The fourth-order valence-corrected chi connectivity index (χ4v) is 2.79. The van der Waals surface area contributed by atoms with E-state index in [2.05, 4.69) is 119 Å². The van der Waals surface area contributed by atoms with Crippen molar-refractivity contribution in [3.05, 3.63) is 108 Å². The number of hydrogen-bond donors (Lipinski definition) is 0. The quantitative estimate of drug-likeness (QED) is 0.312. The van der Waals surface area contributed by atoms with E-state index >= 15 is 0 Å². The summed E-state index contributed by atoms with van der Waals surface area (Å²) >= 11 is 0. The highest BCUT2D eigenvalue weighted by molar-refractivity contribution is 5.23. The number of hydrogen-bond acceptors (Lipinski definition) is 0. The third kappa shape index (κ3) is 33.7. The molecule has 0 radical (unpaired) electrons. The molecule has 0 heterocycles. The van der Waals surface area contributed by atoms with Crippen molar-refractivity contribution in [1.82, 2.24) is 0 Å². The predicted molar refractivity (Wildman–Crippen MR) is 175 cm³/mol. The Morgan fingerprint density at radius 1 is 0.757 bits per heavy atom. The SMILES string of the molecule is C=C/C=C\C=C(C)C.CCC.CCC.CCC(C)CCc1ccc(CC(C)C)cc1.Cc1ccccc1. The lowest BCUT2D eigenvalue weighted by Crippen LogP contribution is -1.97. The molecule has 0 amide bonds. The van der Waals surface area contributed by atoms with Crippen LogP contribution in [0.4, 0.5) is 0 Å². The molecule has 2 aromatic rings. The highest BCUT2D eigenvalue weighted by Gasteiger charge is 2.01. The Balaban J connectivity index is -0.000000460. The molecule has 0 N–H and O–H groups in total. The Bertz CT molecular complexity index is 753. The van der Waals surface area contributed by atoms with Crippen LogP contribution in [0.15, 0.2) is 91.1 Å². The van der Waals surface area contributed by atoms with Crippen molar-refractivity contribution in [2.75, 3.05) is 0 Å². The van der Waals surface area contributed by atoms with Crippen molar-refractivity contribution in [3.8, 4) is 0 Å². The third-order valence-corrected chi connectivity index (χ3v) is 4.91. The average Bonchev–Trinajstić information content (AvgIpc) is 2.85. The van der Waals surface area contributed by atoms with Crippen LogP contribution in [0.2, 0.25) is 0 Å². The number of allylic oxidation sites excluding steroid dienone is 5. The minimum absolute atomic E-state index is 0.756. The average molecular weight is 507 g/mol. The zero-order chi connectivity index (χ0) is 28.9. The second-order valence-corrected chi connectivity index (χ2v) is 10.4. The van der Waals surface area contributed by atoms with Crippen LogP contribution in [0.3, 0.4) is 0 Å². The van der Waals surface area contributed by atoms with Crippen molar-refractivity contribution >= 4 is 0 Å². The summed E-state index contributed by atoms with van der Waals surface area (Å²) in [5, 5.41) is 0. The molecular weight excluding hydrogens is 444 g/mol. The van der Waals surface area contributed by atoms with E-state index < -0.39 is 0 Å². The minimum Gasteiger partial charge on any atom is -0.0991 e. The predicted octanol–water partition coefficient (Wildman–Crippen LogP) is 12.4. The van der Waals surface area contributed by atoms with Gasteiger partial charge < -0.3 is 0 Å². The first-order valence-electron chi connectivity index (χ1n) is 14.6. The van der Waals surface area contributed by atoms with Gasteiger partial charge in [-0.05, 0) is 63.0 Å². The maximum Gasteiger partial charge on any atom is -0.0256 e. The molecule has 0 aliphatic heterocycles. The molecule has 1 atom stereocenters. The first kappa shape index (κ1) is 39.2. The van der Waals surface area contributed by atoms with Gasteiger partial charge in [0.1, 0.15) is 0 Å². The van der Waals surface area contributed by atoms with Gasteiger partial charge in [0.05, 0.1) is 0 Å². The Kier molecular flexibility index (Phi) is 31.6. The van der Waals surface area contributed by atoms with E-state index in [-0.39, 0.29) is 0 Å². The second-order valence-electron chi connectivity index (χ2n) is 10.4. The van der Waals surface area contributed by atoms with E-state index in [0.29, 0.717) is 0 Å². The fourth-order valence-electron chi connectivity index (χ4n) is 2.79. The van der Waals surface area contributed by atoms with Crippen molar-refractivity contribution in [2.45, 2.75) is 115 Å². The van der Waals surface area contributed by atoms with Gasteiger partial charge >= 0.3 is 0 Å². The normalized spacial score (nSPS) is 10.3. The lowest BCUT2D eigenvalue weighted by atomic mass is 9.97. The Labute approximate surface area is 234 Å². The number of aryl methyl sites for hydroxylation is 2. The van der Waals surface area contributed by atoms with Gasteiger partial charge in [-0.3, -0.25) is 0 Å². The topological polar surface area (TPSA) is 0 Å². The summed E-state index contributed by atoms with van der Waals surface area (Å²) < 4.78 is 0. The van der Waals surface area contributed by atoms with Crippen LogP contribution in [0.5, 0.6) is 0 Å². The number of benzene rings is 2. The fraction of sp³-hybridized carbons (Fsp3) is 0.514. The van der Waals surface area contributed by atoms with Crippen molar-refractivity contribution in [1.29, 1.82) is 0 Å². The Hall–Kier alpha value is -2.34. The van der Waals surface area contributed by atoms with E-state index in [9.17, 15) is 0 Å². The van der Waals surface area contributed by atoms with E-state index in [1.54, 1.807) is 6.08 Å². The molecule has 0 spiro atoms. The van der Waals surface area contributed by atoms with E-state index in [0.717, 1.165) is 11.8 Å². The Morgan fingerprint density at radius 2 is 1.24 bits per heavy atom. The summed E-state index contributed by atoms with van der Waals surface area (Å²) in [6.07, 6.45) is 15.2. The summed E-state index contributed by atoms with van der Waals surface area (Å²) in [4.78, 5) is 0. The van der Waals surface area contributed by atoms with E-state index in [1.165, 1.54) is 60.8 Å². The van der Waals surface area contributed by atoms with Crippen LogP contribution in [0, 0.1) is 18.8 Å². The molecule has 0 aliphatic carbocycles. The lowest BCUT2D eigenvalue weighted by Gasteiger charge is -2.09. The maximum absolute atomic E-state index is 3.54. The molecular formula is C37H62. The minimum atomic E-state index is 0.756. The van der Waals surface area contributed by atoms with Crippen LogP contribution >= 0.6 is 0 Å². The molecule has 37 heavy (non-hydrogen) atoms. The van der Waals surface area contributed by atoms with Gasteiger partial charge in [-0.15, -0.1) is 0 Å². The first-order valence-corrected chi connectivity index (χ1v) is 14.6. The molecule has 0 aromatic heterocycles. The molecule has 0 bridgehead atoms. The maximum atomic E-state index is 3.54. The van der Waals surface area contributed by atoms with Crippen molar-refractivity contribution < 1.29 is 0 Å². The van der Waals surface area contributed by atoms with Crippen molar-refractivity contribution in [2.24, 2.45) is 11.8 Å². The van der Waals surface area contributed by atoms with E-state index in [4.69, 9.17) is 0 Å². The zero-order valence-electron chi connectivity index (χ0n) is 26.6. The smallest absolute Gasteiger partial charge is 0.0256 e. The summed E-state index contributed by atoms with van der Waals surface area (Å²) in [5.74, 6) is 1.61. The van der Waals surface area contributed by atoms with Crippen LogP contribution in [-0.2, 0) is 12.8 Å². The largest absolute Gasteiger partial charge is 0.0991 e. The molecule has 0 saturated heterocycles. The molecule has 0 saturated carbocycles. The van der Waals surface area contributed by atoms with Gasteiger partial charge in [-0.1, -0.05) is 171 Å². The summed E-state index contributed by atoms with van der Waals surface area (Å²) in [6.45, 7) is 27.4. The zero-order valence-corrected chi connectivity index (χ0v) is 26.6. The van der Waals surface area contributed by atoms with Gasteiger partial charge in [-0.25, -0.2) is 0 Å². The van der Waals surface area contributed by atoms with Gasteiger partial charge in [0, 0.05) is 0 Å². The second kappa shape index (κ2) is 29.9. The van der Waals surface area contributed by atoms with Gasteiger partial charge in [0.2, 0.25) is 0 Å². The van der Waals surface area contributed by atoms with Gasteiger partial charge in [0.25, 0.3) is 0 Å². The molecule has 1 unspecified atom stereocenters. The Morgan fingerprint density at radius 3 is 1.59 bits per heavy atom. The molecule has 0 aliphatic rings. The monoisotopic (exact) mass is 506 g/mol. The van der Waals surface area contributed by atoms with Crippen LogP contribution < -0.4 is 0 Å².